The fourth-order valence-electron chi connectivity index (χ4n) is 1.81. The lowest BCUT2D eigenvalue weighted by atomic mass is 10.1. The Morgan fingerprint density at radius 2 is 2.06 bits per heavy atom. The molecule has 0 saturated carbocycles. The summed E-state index contributed by atoms with van der Waals surface area (Å²) >= 11 is 0. The van der Waals surface area contributed by atoms with Crippen LogP contribution >= 0.6 is 0 Å². The summed E-state index contributed by atoms with van der Waals surface area (Å²) in [6.45, 7) is 2.24. The highest BCUT2D eigenvalue weighted by Crippen LogP contribution is 2.26. The number of phenolic OH excluding ortho intramolecular Hbond substituents is 1. The average molecular weight is 233 g/mol. The summed E-state index contributed by atoms with van der Waals surface area (Å²) < 4.78 is 5.45. The number of aromatic hydroxyl groups is 1. The molecule has 1 aromatic heterocycles. The molecule has 0 aliphatic rings. The molecule has 0 spiro atoms. The summed E-state index contributed by atoms with van der Waals surface area (Å²) in [6, 6.07) is 3.14. The van der Waals surface area contributed by atoms with E-state index >= 15 is 0 Å². The molecule has 1 aromatic carbocycles. The van der Waals surface area contributed by atoms with Gasteiger partial charge in [0.1, 0.15) is 11.3 Å². The summed E-state index contributed by atoms with van der Waals surface area (Å²) in [5.74, 6) is 0.151. The van der Waals surface area contributed by atoms with Gasteiger partial charge >= 0.3 is 0 Å². The standard InChI is InChI=1S/C13H15NO3/c1-8-7-17-13-9(12(8)16)4-5-11(15)10(13)6-14(2)3/h4-5,7,15H,6H2,1-3H3. The van der Waals surface area contributed by atoms with Gasteiger partial charge < -0.3 is 14.4 Å². The lowest BCUT2D eigenvalue weighted by molar-refractivity contribution is 0.384. The summed E-state index contributed by atoms with van der Waals surface area (Å²) in [6.07, 6.45) is 1.43. The highest BCUT2D eigenvalue weighted by atomic mass is 16.3. The zero-order chi connectivity index (χ0) is 12.6. The van der Waals surface area contributed by atoms with Crippen LogP contribution in [0.25, 0.3) is 11.0 Å². The Morgan fingerprint density at radius 1 is 1.35 bits per heavy atom. The van der Waals surface area contributed by atoms with Gasteiger partial charge in [0.25, 0.3) is 0 Å². The predicted molar refractivity (Wildman–Crippen MR) is 66.3 cm³/mol. The van der Waals surface area contributed by atoms with Crippen LogP contribution < -0.4 is 5.43 Å². The fraction of sp³-hybridized carbons (Fsp3) is 0.308. The maximum absolute atomic E-state index is 11.9. The first-order chi connectivity index (χ1) is 8.00. The third-order valence-electron chi connectivity index (χ3n) is 2.67. The molecule has 90 valence electrons. The monoisotopic (exact) mass is 233 g/mol. The first-order valence-electron chi connectivity index (χ1n) is 5.38. The molecule has 0 radical (unpaired) electrons. The quantitative estimate of drug-likeness (QED) is 0.860. The molecule has 2 rings (SSSR count). The van der Waals surface area contributed by atoms with Gasteiger partial charge in [-0.1, -0.05) is 0 Å². The minimum absolute atomic E-state index is 0.0498. The van der Waals surface area contributed by atoms with Gasteiger partial charge in [0, 0.05) is 12.1 Å². The first-order valence-corrected chi connectivity index (χ1v) is 5.38. The topological polar surface area (TPSA) is 53.7 Å². The van der Waals surface area contributed by atoms with E-state index in [1.165, 1.54) is 12.3 Å². The van der Waals surface area contributed by atoms with Crippen LogP contribution in [0.4, 0.5) is 0 Å². The normalized spacial score (nSPS) is 11.3. The Bertz CT molecular complexity index is 614. The Labute approximate surface area is 99.1 Å². The van der Waals surface area contributed by atoms with E-state index in [0.717, 1.165) is 0 Å². The molecule has 0 saturated heterocycles. The van der Waals surface area contributed by atoms with Gasteiger partial charge in [-0.2, -0.15) is 0 Å². The molecule has 0 aliphatic carbocycles. The number of hydrogen-bond donors (Lipinski definition) is 1. The van der Waals surface area contributed by atoms with E-state index in [1.807, 2.05) is 19.0 Å². The molecule has 0 fully saturated rings. The van der Waals surface area contributed by atoms with E-state index in [1.54, 1.807) is 13.0 Å². The maximum Gasteiger partial charge on any atom is 0.195 e. The van der Waals surface area contributed by atoms with Crippen molar-refractivity contribution in [2.75, 3.05) is 14.1 Å². The van der Waals surface area contributed by atoms with E-state index in [4.69, 9.17) is 4.42 Å². The lowest BCUT2D eigenvalue weighted by Crippen LogP contribution is -2.12. The molecular formula is C13H15NO3. The number of aryl methyl sites for hydroxylation is 1. The third-order valence-corrected chi connectivity index (χ3v) is 2.67. The SMILES string of the molecule is Cc1coc2c(CN(C)C)c(O)ccc2c1=O. The second-order valence-corrected chi connectivity index (χ2v) is 4.43. The van der Waals surface area contributed by atoms with Crippen LogP contribution in [0.5, 0.6) is 5.75 Å². The molecule has 0 amide bonds. The number of fused-ring (bicyclic) bond motifs is 1. The number of hydrogen-bond acceptors (Lipinski definition) is 4. The molecule has 1 heterocycles. The number of rotatable bonds is 2. The van der Waals surface area contributed by atoms with Crippen LogP contribution in [-0.2, 0) is 6.54 Å². The fourth-order valence-corrected chi connectivity index (χ4v) is 1.81. The van der Waals surface area contributed by atoms with Gasteiger partial charge in [-0.3, -0.25) is 4.79 Å². The summed E-state index contributed by atoms with van der Waals surface area (Å²) in [7, 11) is 3.79. The van der Waals surface area contributed by atoms with Crippen molar-refractivity contribution in [1.29, 1.82) is 0 Å². The highest BCUT2D eigenvalue weighted by molar-refractivity contribution is 5.82. The van der Waals surface area contributed by atoms with Crippen LogP contribution in [-0.4, -0.2) is 24.1 Å². The smallest absolute Gasteiger partial charge is 0.195 e. The van der Waals surface area contributed by atoms with Crippen LogP contribution in [0, 0.1) is 6.92 Å². The highest BCUT2D eigenvalue weighted by Gasteiger charge is 2.13. The van der Waals surface area contributed by atoms with Crippen LogP contribution in [0.15, 0.2) is 27.6 Å². The van der Waals surface area contributed by atoms with Crippen molar-refractivity contribution >= 4 is 11.0 Å². The molecule has 17 heavy (non-hydrogen) atoms. The van der Waals surface area contributed by atoms with E-state index in [0.29, 0.717) is 28.6 Å². The van der Waals surface area contributed by atoms with Crippen molar-refractivity contribution < 1.29 is 9.52 Å². The average Bonchev–Trinajstić information content (AvgIpc) is 2.27. The minimum atomic E-state index is -0.0498. The van der Waals surface area contributed by atoms with Crippen LogP contribution in [0.1, 0.15) is 11.1 Å². The van der Waals surface area contributed by atoms with Crippen molar-refractivity contribution in [3.8, 4) is 5.75 Å². The molecule has 0 bridgehead atoms. The molecule has 4 nitrogen and oxygen atoms in total. The zero-order valence-electron chi connectivity index (χ0n) is 10.2. The van der Waals surface area contributed by atoms with Gasteiger partial charge in [-0.15, -0.1) is 0 Å². The molecule has 0 atom stereocenters. The first kappa shape index (κ1) is 11.7. The second-order valence-electron chi connectivity index (χ2n) is 4.43. The molecule has 2 aromatic rings. The Kier molecular flexibility index (Phi) is 2.90. The van der Waals surface area contributed by atoms with Crippen molar-refractivity contribution in [1.82, 2.24) is 4.90 Å². The molecule has 0 unspecified atom stereocenters. The van der Waals surface area contributed by atoms with E-state index < -0.39 is 0 Å². The Hall–Kier alpha value is -1.81. The second kappa shape index (κ2) is 4.22. The minimum Gasteiger partial charge on any atom is -0.507 e. The number of phenols is 1. The summed E-state index contributed by atoms with van der Waals surface area (Å²) in [5, 5.41) is 10.3. The van der Waals surface area contributed by atoms with Gasteiger partial charge in [-0.05, 0) is 33.2 Å². The number of nitrogens with zero attached hydrogens (tertiary/aromatic N) is 1. The van der Waals surface area contributed by atoms with E-state index in [2.05, 4.69) is 0 Å². The zero-order valence-corrected chi connectivity index (χ0v) is 10.2. The van der Waals surface area contributed by atoms with Gasteiger partial charge in [0.2, 0.25) is 0 Å². The van der Waals surface area contributed by atoms with Crippen LogP contribution in [0.2, 0.25) is 0 Å². The summed E-state index contributed by atoms with van der Waals surface area (Å²) in [4.78, 5) is 13.8. The Morgan fingerprint density at radius 3 is 2.71 bits per heavy atom. The van der Waals surface area contributed by atoms with E-state index in [9.17, 15) is 9.90 Å². The predicted octanol–water partition coefficient (Wildman–Crippen LogP) is 1.87. The molecule has 4 heteroatoms. The molecular weight excluding hydrogens is 218 g/mol. The van der Waals surface area contributed by atoms with E-state index in [-0.39, 0.29) is 11.2 Å². The van der Waals surface area contributed by atoms with Crippen molar-refractivity contribution in [2.45, 2.75) is 13.5 Å². The van der Waals surface area contributed by atoms with Crippen molar-refractivity contribution in [2.24, 2.45) is 0 Å². The third kappa shape index (κ3) is 2.03. The lowest BCUT2D eigenvalue weighted by Gasteiger charge is -2.12. The van der Waals surface area contributed by atoms with Gasteiger partial charge in [0.05, 0.1) is 17.2 Å². The summed E-state index contributed by atoms with van der Waals surface area (Å²) in [5.41, 5.74) is 1.63. The van der Waals surface area contributed by atoms with Crippen molar-refractivity contribution in [3.05, 3.63) is 39.7 Å². The Balaban J connectivity index is 2.78. The maximum atomic E-state index is 11.9. The van der Waals surface area contributed by atoms with Crippen molar-refractivity contribution in [3.63, 3.8) is 0 Å². The molecule has 0 aliphatic heterocycles. The van der Waals surface area contributed by atoms with Crippen LogP contribution in [0.3, 0.4) is 0 Å². The largest absolute Gasteiger partial charge is 0.507 e. The van der Waals surface area contributed by atoms with Gasteiger partial charge in [0.15, 0.2) is 5.43 Å². The molecule has 1 N–H and O–H groups in total. The number of benzene rings is 1. The van der Waals surface area contributed by atoms with Gasteiger partial charge in [-0.25, -0.2) is 0 Å².